The highest BCUT2D eigenvalue weighted by atomic mass is 32.2. The van der Waals surface area contributed by atoms with E-state index in [-0.39, 0.29) is 22.3 Å². The molecule has 0 saturated heterocycles. The second-order valence-corrected chi connectivity index (χ2v) is 10.9. The average molecular weight is 598 g/mol. The highest BCUT2D eigenvalue weighted by Crippen LogP contribution is 2.36. The Labute approximate surface area is 250 Å². The first-order valence-electron chi connectivity index (χ1n) is 13.7. The average Bonchev–Trinajstić information content (AvgIpc) is 3.71. The summed E-state index contributed by atoms with van der Waals surface area (Å²) in [6.07, 6.45) is 2.02. The van der Waals surface area contributed by atoms with Crippen molar-refractivity contribution in [2.24, 2.45) is 11.0 Å². The lowest BCUT2D eigenvalue weighted by atomic mass is 9.98. The van der Waals surface area contributed by atoms with Gasteiger partial charge in [-0.05, 0) is 82.5 Å². The lowest BCUT2D eigenvalue weighted by Crippen LogP contribution is -2.28. The number of ether oxygens (including phenoxy) is 2. The zero-order valence-electron chi connectivity index (χ0n) is 25.2. The molecule has 1 aliphatic heterocycles. The Hall–Kier alpha value is -3.91. The Balaban J connectivity index is 0.00000237. The van der Waals surface area contributed by atoms with E-state index in [2.05, 4.69) is 37.7 Å². The Morgan fingerprint density at radius 2 is 1.76 bits per heavy atom. The Morgan fingerprint density at radius 3 is 2.36 bits per heavy atom. The van der Waals surface area contributed by atoms with Gasteiger partial charge in [-0.15, -0.1) is 0 Å². The molecule has 11 heteroatoms. The number of alkyl halides is 2. The smallest absolute Gasteiger partial charge is 0.280 e. The quantitative estimate of drug-likeness (QED) is 0.256. The molecule has 1 unspecified atom stereocenters. The van der Waals surface area contributed by atoms with E-state index in [4.69, 9.17) is 9.47 Å². The Morgan fingerprint density at radius 1 is 1.05 bits per heavy atom. The van der Waals surface area contributed by atoms with Gasteiger partial charge < -0.3 is 9.47 Å². The molecule has 4 rings (SSSR count). The van der Waals surface area contributed by atoms with Gasteiger partial charge in [0, 0.05) is 23.2 Å². The van der Waals surface area contributed by atoms with Crippen LogP contribution in [0.4, 0.5) is 8.78 Å². The van der Waals surface area contributed by atoms with Crippen molar-refractivity contribution in [2.45, 2.75) is 73.1 Å². The van der Waals surface area contributed by atoms with Crippen molar-refractivity contribution in [1.29, 1.82) is 0 Å². The second-order valence-electron chi connectivity index (χ2n) is 9.77. The molecule has 2 aromatic heterocycles. The van der Waals surface area contributed by atoms with Gasteiger partial charge in [0.05, 0.1) is 24.6 Å². The molecular formula is C31H37F2N5O3S. The van der Waals surface area contributed by atoms with Crippen molar-refractivity contribution in [3.05, 3.63) is 58.4 Å². The van der Waals surface area contributed by atoms with Crippen molar-refractivity contribution >= 4 is 28.6 Å². The van der Waals surface area contributed by atoms with Gasteiger partial charge in [-0.1, -0.05) is 25.7 Å². The molecule has 1 saturated carbocycles. The topological polar surface area (TPSA) is 97.7 Å². The minimum Gasteiger partial charge on any atom is -0.494 e. The van der Waals surface area contributed by atoms with E-state index in [1.165, 1.54) is 37.3 Å². The van der Waals surface area contributed by atoms with Gasteiger partial charge in [-0.25, -0.2) is 8.78 Å². The van der Waals surface area contributed by atoms with Crippen LogP contribution in [0, 0.1) is 17.8 Å². The van der Waals surface area contributed by atoms with Crippen LogP contribution < -0.4 is 15.5 Å². The number of carbonyl (C=O) groups is 1. The number of halogens is 2. The summed E-state index contributed by atoms with van der Waals surface area (Å²) in [5, 5.41) is 7.04. The summed E-state index contributed by atoms with van der Waals surface area (Å²) in [5.74, 6) is 7.63. The van der Waals surface area contributed by atoms with Crippen LogP contribution in [-0.2, 0) is 4.74 Å². The molecule has 0 aromatic carbocycles. The zero-order chi connectivity index (χ0) is 31.0. The molecule has 1 aliphatic carbocycles. The van der Waals surface area contributed by atoms with E-state index < -0.39 is 18.0 Å². The number of rotatable bonds is 7. The van der Waals surface area contributed by atoms with Crippen LogP contribution in [0.2, 0.25) is 0 Å². The normalized spacial score (nSPS) is 15.2. The number of amidine groups is 1. The number of nitrogens with zero attached hydrogens (tertiary/aromatic N) is 3. The molecule has 0 spiro atoms. The van der Waals surface area contributed by atoms with E-state index in [0.29, 0.717) is 33.9 Å². The number of nitrogens with one attached hydrogen (secondary N) is 2. The van der Waals surface area contributed by atoms with Crippen LogP contribution in [-0.4, -0.2) is 33.5 Å². The summed E-state index contributed by atoms with van der Waals surface area (Å²) in [7, 11) is 1.41. The lowest BCUT2D eigenvalue weighted by molar-refractivity contribution is 0.0978. The van der Waals surface area contributed by atoms with Gasteiger partial charge in [0.25, 0.3) is 12.3 Å². The number of hydrazone groups is 1. The summed E-state index contributed by atoms with van der Waals surface area (Å²) in [6, 6.07) is 2.85. The van der Waals surface area contributed by atoms with Gasteiger partial charge in [-0.2, -0.15) is 5.10 Å². The van der Waals surface area contributed by atoms with Crippen LogP contribution in [0.15, 0.2) is 46.5 Å². The molecule has 8 nitrogen and oxygen atoms in total. The third-order valence-corrected chi connectivity index (χ3v) is 7.02. The molecule has 0 bridgehead atoms. The molecule has 2 aromatic rings. The number of hydrogen-bond donors (Lipinski definition) is 2. The number of amides is 1. The van der Waals surface area contributed by atoms with Crippen LogP contribution in [0.1, 0.15) is 89.5 Å². The van der Waals surface area contributed by atoms with E-state index in [0.717, 1.165) is 24.0 Å². The lowest BCUT2D eigenvalue weighted by Gasteiger charge is -2.17. The van der Waals surface area contributed by atoms with Gasteiger partial charge in [0.2, 0.25) is 0 Å². The third kappa shape index (κ3) is 8.32. The molecule has 2 N–H and O–H groups in total. The number of aromatic nitrogens is 2. The first-order valence-corrected chi connectivity index (χ1v) is 14.6. The second kappa shape index (κ2) is 14.8. The number of carbonyl (C=O) groups excluding carboxylic acids is 1. The van der Waals surface area contributed by atoms with E-state index in [1.54, 1.807) is 6.07 Å². The van der Waals surface area contributed by atoms with Crippen molar-refractivity contribution in [3.63, 3.8) is 0 Å². The largest absolute Gasteiger partial charge is 0.494 e. The summed E-state index contributed by atoms with van der Waals surface area (Å²) in [5.41, 5.74) is 5.43. The standard InChI is InChI=1S/C29H31F2N5O3S.C2H6/c1-15(2)17(5)39-26(16(3)4)22-11-19(20-12-23(27(30)31)33-14-24(20)38-6)21(13-32-22)28(37)34-29-36-35-25(40-29)10-9-18-7-8-18;1-2/h11-14,18,25,27,35H,7-8H2,1-6H3,(H,34,36,37);1-2H3. The summed E-state index contributed by atoms with van der Waals surface area (Å²) < 4.78 is 38.9. The molecular weight excluding hydrogens is 560 g/mol. The molecule has 2 aliphatic rings. The van der Waals surface area contributed by atoms with Gasteiger partial charge in [0.1, 0.15) is 17.1 Å². The Kier molecular flexibility index (Phi) is 11.5. The fourth-order valence-corrected chi connectivity index (χ4v) is 4.30. The fraction of sp³-hybridized carbons (Fsp3) is 0.419. The van der Waals surface area contributed by atoms with Crippen LogP contribution in [0.25, 0.3) is 16.9 Å². The van der Waals surface area contributed by atoms with Crippen molar-refractivity contribution in [2.75, 3.05) is 7.11 Å². The first kappa shape index (κ1) is 32.6. The van der Waals surface area contributed by atoms with Crippen LogP contribution in [0.5, 0.6) is 5.75 Å². The molecule has 224 valence electrons. The first-order chi connectivity index (χ1) is 20.1. The maximum atomic E-state index is 13.6. The number of thioether (sulfide) groups is 1. The third-order valence-electron chi connectivity index (χ3n) is 6.15. The highest BCUT2D eigenvalue weighted by Gasteiger charge is 2.26. The molecule has 42 heavy (non-hydrogen) atoms. The number of allylic oxidation sites excluding steroid dienone is 3. The van der Waals surface area contributed by atoms with E-state index >= 15 is 0 Å². The summed E-state index contributed by atoms with van der Waals surface area (Å²) >= 11 is 1.29. The van der Waals surface area contributed by atoms with Crippen molar-refractivity contribution < 1.29 is 23.0 Å². The minimum absolute atomic E-state index is 0.135. The number of pyridine rings is 2. The van der Waals surface area contributed by atoms with Gasteiger partial charge in [0.15, 0.2) is 16.3 Å². The predicted molar refractivity (Wildman–Crippen MR) is 164 cm³/mol. The molecule has 0 radical (unpaired) electrons. The number of hydrogen-bond acceptors (Lipinski definition) is 8. The molecule has 1 amide bonds. The molecule has 1 fully saturated rings. The predicted octanol–water partition coefficient (Wildman–Crippen LogP) is 7.27. The fourth-order valence-electron chi connectivity index (χ4n) is 3.59. The van der Waals surface area contributed by atoms with Gasteiger partial charge >= 0.3 is 0 Å². The molecule has 3 heterocycles. The van der Waals surface area contributed by atoms with E-state index in [9.17, 15) is 13.6 Å². The van der Waals surface area contributed by atoms with Crippen molar-refractivity contribution in [1.82, 2.24) is 20.7 Å². The van der Waals surface area contributed by atoms with Crippen LogP contribution >= 0.6 is 11.8 Å². The van der Waals surface area contributed by atoms with Gasteiger partial charge in [-0.3, -0.25) is 25.5 Å². The Bertz CT molecular complexity index is 1460. The summed E-state index contributed by atoms with van der Waals surface area (Å²) in [4.78, 5) is 21.8. The highest BCUT2D eigenvalue weighted by molar-refractivity contribution is 8.14. The molecule has 1 atom stereocenters. The van der Waals surface area contributed by atoms with Crippen molar-refractivity contribution in [3.8, 4) is 28.7 Å². The number of methoxy groups -OCH3 is 1. The monoisotopic (exact) mass is 597 g/mol. The maximum Gasteiger partial charge on any atom is 0.280 e. The van der Waals surface area contributed by atoms with E-state index in [1.807, 2.05) is 48.5 Å². The maximum absolute atomic E-state index is 13.6. The zero-order valence-corrected chi connectivity index (χ0v) is 26.0. The SMILES string of the molecule is CC.COc1cnc(C(F)F)cc1-c1cc(C(OC(C)=C(C)C)=C(C)C)ncc1C(=O)NC1=NNC(C#CC2CC2)S1. The summed E-state index contributed by atoms with van der Waals surface area (Å²) in [6.45, 7) is 13.5. The van der Waals surface area contributed by atoms with Crippen LogP contribution in [0.3, 0.4) is 0 Å². The minimum atomic E-state index is -2.82.